The molecule has 0 unspecified atom stereocenters. The molecule has 2 atom stereocenters. The first-order valence-corrected chi connectivity index (χ1v) is 12.8. The number of amides is 1. The number of hydrogen-bond acceptors (Lipinski definition) is 5. The summed E-state index contributed by atoms with van der Waals surface area (Å²) in [7, 11) is 0. The zero-order chi connectivity index (χ0) is 24.7. The van der Waals surface area contributed by atoms with Gasteiger partial charge < -0.3 is 15.4 Å². The highest BCUT2D eigenvalue weighted by Gasteiger charge is 2.26. The second-order valence-electron chi connectivity index (χ2n) is 9.24. The lowest BCUT2D eigenvalue weighted by Crippen LogP contribution is -2.35. The molecule has 2 aromatic heterocycles. The maximum Gasteiger partial charge on any atom is 0.252 e. The van der Waals surface area contributed by atoms with E-state index in [4.69, 9.17) is 9.72 Å². The molecule has 0 saturated heterocycles. The first-order chi connectivity index (χ1) is 17.7. The Balaban J connectivity index is 1.26. The van der Waals surface area contributed by atoms with Gasteiger partial charge in [-0.3, -0.25) is 9.78 Å². The van der Waals surface area contributed by atoms with Gasteiger partial charge in [0, 0.05) is 47.9 Å². The van der Waals surface area contributed by atoms with E-state index in [1.165, 1.54) is 0 Å². The van der Waals surface area contributed by atoms with E-state index in [2.05, 4.69) is 21.7 Å². The van der Waals surface area contributed by atoms with Gasteiger partial charge in [-0.25, -0.2) is 4.98 Å². The molecule has 184 valence electrons. The number of carbonyl (C=O) groups excluding carboxylic acids is 1. The van der Waals surface area contributed by atoms with Gasteiger partial charge in [0.15, 0.2) is 0 Å². The molecular weight excluding hydrogens is 448 g/mol. The van der Waals surface area contributed by atoms with Gasteiger partial charge >= 0.3 is 0 Å². The first-order valence-electron chi connectivity index (χ1n) is 12.8. The zero-order valence-electron chi connectivity index (χ0n) is 20.6. The fraction of sp³-hybridized carbons (Fsp3) is 0.300. The number of carbonyl (C=O) groups is 1. The van der Waals surface area contributed by atoms with Crippen molar-refractivity contribution >= 4 is 16.8 Å². The van der Waals surface area contributed by atoms with Crippen molar-refractivity contribution in [3.8, 4) is 17.0 Å². The molecule has 5 rings (SSSR count). The third-order valence-corrected chi connectivity index (χ3v) is 6.73. The highest BCUT2D eigenvalue weighted by Crippen LogP contribution is 2.27. The molecule has 1 fully saturated rings. The van der Waals surface area contributed by atoms with Crippen LogP contribution in [0.4, 0.5) is 0 Å². The van der Waals surface area contributed by atoms with E-state index in [1.807, 2.05) is 79.9 Å². The van der Waals surface area contributed by atoms with Gasteiger partial charge in [0.2, 0.25) is 0 Å². The van der Waals surface area contributed by atoms with E-state index < -0.39 is 0 Å². The molecule has 0 spiro atoms. The summed E-state index contributed by atoms with van der Waals surface area (Å²) in [6.07, 6.45) is 5.71. The number of benzene rings is 2. The molecule has 1 amide bonds. The number of hydrogen-bond donors (Lipinski definition) is 2. The molecule has 36 heavy (non-hydrogen) atoms. The third-order valence-electron chi connectivity index (χ3n) is 6.73. The van der Waals surface area contributed by atoms with Crippen LogP contribution >= 0.6 is 0 Å². The quantitative estimate of drug-likeness (QED) is 0.345. The van der Waals surface area contributed by atoms with E-state index in [-0.39, 0.29) is 11.9 Å². The van der Waals surface area contributed by atoms with Crippen molar-refractivity contribution < 1.29 is 9.53 Å². The van der Waals surface area contributed by atoms with Crippen LogP contribution in [0, 0.1) is 0 Å². The number of aromatic nitrogens is 2. The van der Waals surface area contributed by atoms with Crippen molar-refractivity contribution in [2.45, 2.75) is 44.7 Å². The molecule has 1 aliphatic carbocycles. The van der Waals surface area contributed by atoms with Crippen molar-refractivity contribution in [3.63, 3.8) is 0 Å². The van der Waals surface area contributed by atoms with E-state index in [0.717, 1.165) is 65.8 Å². The van der Waals surface area contributed by atoms with E-state index >= 15 is 0 Å². The summed E-state index contributed by atoms with van der Waals surface area (Å²) in [6.45, 7) is 3.48. The SMILES string of the molecule is CCOc1ccc(-c2cc(C(=O)N[C@@H]3CC[C@H](NCCc4ccccn4)C3)c3ccccc3n2)cc1. The van der Waals surface area contributed by atoms with Crippen LogP contribution in [0.5, 0.6) is 5.75 Å². The van der Waals surface area contributed by atoms with Crippen LogP contribution in [0.3, 0.4) is 0 Å². The molecule has 4 aromatic rings. The Morgan fingerprint density at radius 3 is 2.61 bits per heavy atom. The number of fused-ring (bicyclic) bond motifs is 1. The minimum Gasteiger partial charge on any atom is -0.494 e. The van der Waals surface area contributed by atoms with Crippen LogP contribution in [0.15, 0.2) is 79.0 Å². The monoisotopic (exact) mass is 480 g/mol. The minimum atomic E-state index is -0.0417. The summed E-state index contributed by atoms with van der Waals surface area (Å²) < 4.78 is 5.57. The van der Waals surface area contributed by atoms with Crippen molar-refractivity contribution in [1.82, 2.24) is 20.6 Å². The summed E-state index contributed by atoms with van der Waals surface area (Å²) in [5.41, 5.74) is 4.31. The van der Waals surface area contributed by atoms with E-state index in [1.54, 1.807) is 0 Å². The lowest BCUT2D eigenvalue weighted by Gasteiger charge is -2.16. The standard InChI is InChI=1S/C30H32N4O2/c1-2-36-25-14-10-21(11-15-25)29-20-27(26-8-3-4-9-28(26)34-29)30(35)33-24-13-12-23(19-24)32-18-16-22-7-5-6-17-31-22/h3-11,14-15,17,20,23-24,32H,2,12-13,16,18-19H2,1H3,(H,33,35)/t23-,24+/m0/s1. The Labute approximate surface area is 212 Å². The van der Waals surface area contributed by atoms with Gasteiger partial charge in [0.1, 0.15) is 5.75 Å². The zero-order valence-corrected chi connectivity index (χ0v) is 20.6. The van der Waals surface area contributed by atoms with Gasteiger partial charge in [0.25, 0.3) is 5.91 Å². The Morgan fingerprint density at radius 2 is 1.81 bits per heavy atom. The van der Waals surface area contributed by atoms with Gasteiger partial charge in [-0.2, -0.15) is 0 Å². The second kappa shape index (κ2) is 11.3. The molecule has 6 nitrogen and oxygen atoms in total. The highest BCUT2D eigenvalue weighted by atomic mass is 16.5. The molecule has 2 N–H and O–H groups in total. The summed E-state index contributed by atoms with van der Waals surface area (Å²) in [6, 6.07) is 24.2. The van der Waals surface area contributed by atoms with Crippen molar-refractivity contribution in [2.24, 2.45) is 0 Å². The topological polar surface area (TPSA) is 76.1 Å². The molecule has 1 aliphatic rings. The van der Waals surface area contributed by atoms with Crippen LogP contribution < -0.4 is 15.4 Å². The number of nitrogens with one attached hydrogen (secondary N) is 2. The summed E-state index contributed by atoms with van der Waals surface area (Å²) >= 11 is 0. The van der Waals surface area contributed by atoms with Crippen LogP contribution in [-0.2, 0) is 6.42 Å². The predicted molar refractivity (Wildman–Crippen MR) is 143 cm³/mol. The number of para-hydroxylation sites is 1. The van der Waals surface area contributed by atoms with Gasteiger partial charge in [-0.1, -0.05) is 24.3 Å². The lowest BCUT2D eigenvalue weighted by atomic mass is 10.0. The molecular formula is C30H32N4O2. The van der Waals surface area contributed by atoms with Crippen LogP contribution in [0.1, 0.15) is 42.2 Å². The molecule has 0 bridgehead atoms. The summed E-state index contributed by atoms with van der Waals surface area (Å²) in [5, 5.41) is 7.79. The van der Waals surface area contributed by atoms with Gasteiger partial charge in [-0.05, 0) is 74.7 Å². The van der Waals surface area contributed by atoms with Gasteiger partial charge in [0.05, 0.1) is 23.4 Å². The van der Waals surface area contributed by atoms with Crippen molar-refractivity contribution in [3.05, 3.63) is 90.3 Å². The lowest BCUT2D eigenvalue weighted by molar-refractivity contribution is 0.0939. The highest BCUT2D eigenvalue weighted by molar-refractivity contribution is 6.07. The maximum atomic E-state index is 13.5. The Hall–Kier alpha value is -3.77. The first kappa shape index (κ1) is 23.9. The third kappa shape index (κ3) is 5.71. The smallest absolute Gasteiger partial charge is 0.252 e. The Morgan fingerprint density at radius 1 is 1.00 bits per heavy atom. The molecule has 2 aromatic carbocycles. The van der Waals surface area contributed by atoms with Crippen LogP contribution in [-0.4, -0.2) is 41.1 Å². The largest absolute Gasteiger partial charge is 0.494 e. The number of nitrogens with zero attached hydrogens (tertiary/aromatic N) is 2. The number of pyridine rings is 2. The average Bonchev–Trinajstić information content (AvgIpc) is 3.36. The van der Waals surface area contributed by atoms with Crippen LogP contribution in [0.25, 0.3) is 22.2 Å². The average molecular weight is 481 g/mol. The molecule has 1 saturated carbocycles. The summed E-state index contributed by atoms with van der Waals surface area (Å²) in [5.74, 6) is 0.782. The van der Waals surface area contributed by atoms with E-state index in [9.17, 15) is 4.79 Å². The van der Waals surface area contributed by atoms with Gasteiger partial charge in [-0.15, -0.1) is 0 Å². The second-order valence-corrected chi connectivity index (χ2v) is 9.24. The van der Waals surface area contributed by atoms with Crippen LogP contribution in [0.2, 0.25) is 0 Å². The van der Waals surface area contributed by atoms with E-state index in [0.29, 0.717) is 18.2 Å². The number of ether oxygens (including phenoxy) is 1. The minimum absolute atomic E-state index is 0.0417. The fourth-order valence-electron chi connectivity index (χ4n) is 4.91. The maximum absolute atomic E-state index is 13.5. The van der Waals surface area contributed by atoms with Crippen molar-refractivity contribution in [2.75, 3.05) is 13.2 Å². The normalized spacial score (nSPS) is 17.2. The molecule has 0 radical (unpaired) electrons. The Kier molecular flexibility index (Phi) is 7.52. The van der Waals surface area contributed by atoms with Crippen molar-refractivity contribution in [1.29, 1.82) is 0 Å². The molecule has 2 heterocycles. The predicted octanol–water partition coefficient (Wildman–Crippen LogP) is 5.18. The molecule has 6 heteroatoms. The summed E-state index contributed by atoms with van der Waals surface area (Å²) in [4.78, 5) is 22.7. The Bertz CT molecular complexity index is 1310. The molecule has 0 aliphatic heterocycles. The number of rotatable bonds is 9. The fourth-order valence-corrected chi connectivity index (χ4v) is 4.91.